The Morgan fingerprint density at radius 3 is 3.12 bits per heavy atom. The van der Waals surface area contributed by atoms with E-state index in [-0.39, 0.29) is 0 Å². The van der Waals surface area contributed by atoms with Gasteiger partial charge in [0.1, 0.15) is 5.82 Å². The Kier molecular flexibility index (Phi) is 2.92. The van der Waals surface area contributed by atoms with E-state index in [1.807, 2.05) is 0 Å². The monoisotopic (exact) mass is 234 g/mol. The lowest BCUT2D eigenvalue weighted by Gasteiger charge is -2.20. The number of fused-ring (bicyclic) bond motifs is 1. The molecule has 1 aromatic heterocycles. The van der Waals surface area contributed by atoms with Crippen LogP contribution in [0.1, 0.15) is 43.7 Å². The first kappa shape index (κ1) is 11.2. The van der Waals surface area contributed by atoms with Crippen LogP contribution in [0.5, 0.6) is 0 Å². The summed E-state index contributed by atoms with van der Waals surface area (Å²) >= 11 is 0. The summed E-state index contributed by atoms with van der Waals surface area (Å²) in [6.07, 6.45) is 6.86. The maximum absolute atomic E-state index is 6.00. The highest BCUT2D eigenvalue weighted by molar-refractivity contribution is 5.13. The van der Waals surface area contributed by atoms with Gasteiger partial charge in [0.25, 0.3) is 0 Å². The maximum atomic E-state index is 6.00. The van der Waals surface area contributed by atoms with Crippen molar-refractivity contribution in [2.24, 2.45) is 5.73 Å². The van der Waals surface area contributed by atoms with Crippen molar-refractivity contribution in [2.75, 3.05) is 13.1 Å². The number of hydrogen-bond donors (Lipinski definition) is 1. The SMILES string of the molecule is CCN1CCCC1c1cn2c(n1)CC(N)CC2. The maximum Gasteiger partial charge on any atom is 0.110 e. The molecule has 17 heavy (non-hydrogen) atoms. The Hall–Kier alpha value is -0.870. The van der Waals surface area contributed by atoms with Crippen LogP contribution in [0.15, 0.2) is 6.20 Å². The van der Waals surface area contributed by atoms with E-state index in [1.54, 1.807) is 0 Å². The minimum Gasteiger partial charge on any atom is -0.334 e. The van der Waals surface area contributed by atoms with Crippen LogP contribution >= 0.6 is 0 Å². The second kappa shape index (κ2) is 4.42. The van der Waals surface area contributed by atoms with Crippen LogP contribution in [0.2, 0.25) is 0 Å². The Bertz CT molecular complexity index is 398. The van der Waals surface area contributed by atoms with E-state index >= 15 is 0 Å². The van der Waals surface area contributed by atoms with Gasteiger partial charge in [0.05, 0.1) is 11.7 Å². The molecule has 0 aliphatic carbocycles. The minimum absolute atomic E-state index is 0.309. The summed E-state index contributed by atoms with van der Waals surface area (Å²) in [5, 5.41) is 0. The molecule has 1 fully saturated rings. The number of nitrogens with zero attached hydrogens (tertiary/aromatic N) is 3. The summed E-state index contributed by atoms with van der Waals surface area (Å²) in [5.41, 5.74) is 7.27. The van der Waals surface area contributed by atoms with Crippen LogP contribution in [-0.2, 0) is 13.0 Å². The number of nitrogens with two attached hydrogens (primary N) is 1. The number of imidazole rings is 1. The molecule has 0 radical (unpaired) electrons. The van der Waals surface area contributed by atoms with Gasteiger partial charge in [-0.05, 0) is 32.4 Å². The summed E-state index contributed by atoms with van der Waals surface area (Å²) in [7, 11) is 0. The average Bonchev–Trinajstić information content (AvgIpc) is 2.93. The second-order valence-corrected chi connectivity index (χ2v) is 5.31. The van der Waals surface area contributed by atoms with Crippen molar-refractivity contribution in [3.8, 4) is 0 Å². The van der Waals surface area contributed by atoms with Crippen molar-refractivity contribution in [3.05, 3.63) is 17.7 Å². The molecule has 0 spiro atoms. The fraction of sp³-hybridized carbons (Fsp3) is 0.769. The van der Waals surface area contributed by atoms with Crippen molar-refractivity contribution < 1.29 is 0 Å². The predicted octanol–water partition coefficient (Wildman–Crippen LogP) is 1.31. The first-order chi connectivity index (χ1) is 8.28. The van der Waals surface area contributed by atoms with Gasteiger partial charge >= 0.3 is 0 Å². The molecule has 0 aromatic carbocycles. The molecule has 3 heterocycles. The van der Waals surface area contributed by atoms with Crippen LogP contribution in [-0.4, -0.2) is 33.6 Å². The highest BCUT2D eigenvalue weighted by Crippen LogP contribution is 2.31. The van der Waals surface area contributed by atoms with E-state index in [4.69, 9.17) is 10.7 Å². The van der Waals surface area contributed by atoms with Gasteiger partial charge in [-0.3, -0.25) is 4.90 Å². The molecule has 2 atom stereocenters. The Morgan fingerprint density at radius 1 is 1.41 bits per heavy atom. The predicted molar refractivity (Wildman–Crippen MR) is 67.7 cm³/mol. The molecule has 1 aromatic rings. The topological polar surface area (TPSA) is 47.1 Å². The first-order valence-electron chi connectivity index (χ1n) is 6.83. The van der Waals surface area contributed by atoms with Crippen LogP contribution in [0.4, 0.5) is 0 Å². The van der Waals surface area contributed by atoms with E-state index in [1.165, 1.54) is 30.9 Å². The third kappa shape index (κ3) is 2.00. The quantitative estimate of drug-likeness (QED) is 0.839. The molecule has 0 saturated carbocycles. The molecular weight excluding hydrogens is 212 g/mol. The minimum atomic E-state index is 0.309. The van der Waals surface area contributed by atoms with E-state index in [2.05, 4.69) is 22.6 Å². The van der Waals surface area contributed by atoms with Gasteiger partial charge in [-0.1, -0.05) is 6.92 Å². The normalized spacial score (nSPS) is 29.5. The van der Waals surface area contributed by atoms with Crippen LogP contribution in [0, 0.1) is 0 Å². The molecule has 4 heteroatoms. The van der Waals surface area contributed by atoms with Gasteiger partial charge in [0.15, 0.2) is 0 Å². The highest BCUT2D eigenvalue weighted by atomic mass is 15.2. The zero-order valence-electron chi connectivity index (χ0n) is 10.6. The fourth-order valence-corrected chi connectivity index (χ4v) is 3.17. The third-order valence-corrected chi connectivity index (χ3v) is 4.17. The molecule has 94 valence electrons. The summed E-state index contributed by atoms with van der Waals surface area (Å²) in [5.74, 6) is 1.20. The van der Waals surface area contributed by atoms with Gasteiger partial charge in [-0.25, -0.2) is 4.98 Å². The van der Waals surface area contributed by atoms with Gasteiger partial charge in [-0.15, -0.1) is 0 Å². The van der Waals surface area contributed by atoms with Gasteiger partial charge in [-0.2, -0.15) is 0 Å². The van der Waals surface area contributed by atoms with E-state index in [0.29, 0.717) is 12.1 Å². The standard InChI is InChI=1S/C13H22N4/c1-2-16-6-3-4-12(16)11-9-17-7-5-10(14)8-13(17)15-11/h9-10,12H,2-8,14H2,1H3. The summed E-state index contributed by atoms with van der Waals surface area (Å²) in [4.78, 5) is 7.36. The smallest absolute Gasteiger partial charge is 0.110 e. The van der Waals surface area contributed by atoms with Gasteiger partial charge < -0.3 is 10.3 Å². The van der Waals surface area contributed by atoms with Crippen LogP contribution < -0.4 is 5.73 Å². The molecule has 2 aliphatic heterocycles. The van der Waals surface area contributed by atoms with Crippen molar-refractivity contribution in [1.29, 1.82) is 0 Å². The third-order valence-electron chi connectivity index (χ3n) is 4.17. The summed E-state index contributed by atoms with van der Waals surface area (Å²) in [6.45, 7) is 5.64. The number of hydrogen-bond acceptors (Lipinski definition) is 3. The molecule has 3 rings (SSSR count). The number of rotatable bonds is 2. The number of aromatic nitrogens is 2. The molecule has 1 saturated heterocycles. The largest absolute Gasteiger partial charge is 0.334 e. The Morgan fingerprint density at radius 2 is 2.29 bits per heavy atom. The lowest BCUT2D eigenvalue weighted by molar-refractivity contribution is 0.267. The van der Waals surface area contributed by atoms with E-state index in [0.717, 1.165) is 25.9 Å². The fourth-order valence-electron chi connectivity index (χ4n) is 3.17. The van der Waals surface area contributed by atoms with Crippen molar-refractivity contribution in [3.63, 3.8) is 0 Å². The molecule has 2 N–H and O–H groups in total. The van der Waals surface area contributed by atoms with E-state index < -0.39 is 0 Å². The van der Waals surface area contributed by atoms with Crippen LogP contribution in [0.3, 0.4) is 0 Å². The molecule has 4 nitrogen and oxygen atoms in total. The Balaban J connectivity index is 1.84. The van der Waals surface area contributed by atoms with Crippen molar-refractivity contribution in [1.82, 2.24) is 14.5 Å². The molecule has 0 bridgehead atoms. The van der Waals surface area contributed by atoms with Crippen molar-refractivity contribution in [2.45, 2.75) is 51.2 Å². The van der Waals surface area contributed by atoms with Crippen molar-refractivity contribution >= 4 is 0 Å². The molecule has 2 unspecified atom stereocenters. The summed E-state index contributed by atoms with van der Waals surface area (Å²) < 4.78 is 2.31. The van der Waals surface area contributed by atoms with Crippen LogP contribution in [0.25, 0.3) is 0 Å². The molecule has 2 aliphatic rings. The second-order valence-electron chi connectivity index (χ2n) is 5.31. The zero-order valence-corrected chi connectivity index (χ0v) is 10.6. The lowest BCUT2D eigenvalue weighted by atomic mass is 10.1. The first-order valence-corrected chi connectivity index (χ1v) is 6.83. The summed E-state index contributed by atoms with van der Waals surface area (Å²) in [6, 6.07) is 0.859. The van der Waals surface area contributed by atoms with E-state index in [9.17, 15) is 0 Å². The van der Waals surface area contributed by atoms with Gasteiger partial charge in [0, 0.05) is 25.2 Å². The number of likely N-dealkylation sites (tertiary alicyclic amines) is 1. The highest BCUT2D eigenvalue weighted by Gasteiger charge is 2.28. The molecule has 0 amide bonds. The molecular formula is C13H22N4. The zero-order chi connectivity index (χ0) is 11.8. The average molecular weight is 234 g/mol. The lowest BCUT2D eigenvalue weighted by Crippen LogP contribution is -2.30. The Labute approximate surface area is 103 Å². The number of aryl methyl sites for hydroxylation is 1. The van der Waals surface area contributed by atoms with Gasteiger partial charge in [0.2, 0.25) is 0 Å².